The van der Waals surface area contributed by atoms with Gasteiger partial charge in [0.05, 0.1) is 5.56 Å². The fourth-order valence-corrected chi connectivity index (χ4v) is 2.04. The zero-order chi connectivity index (χ0) is 11.9. The van der Waals surface area contributed by atoms with Gasteiger partial charge in [0.15, 0.2) is 5.78 Å². The molecule has 1 aromatic carbocycles. The standard InChI is InChI=1S/C12H11F3O/c1-7-2-5-11(16)9-4-3-8(6-10(7)9)12(13,14)15/h3-4,6-7H,2,5H2,1H3. The molecule has 0 saturated heterocycles. The molecular formula is C12H11F3O. The van der Waals surface area contributed by atoms with Crippen LogP contribution in [-0.4, -0.2) is 5.78 Å². The number of fused-ring (bicyclic) bond motifs is 1. The highest BCUT2D eigenvalue weighted by molar-refractivity contribution is 5.98. The molecule has 0 saturated carbocycles. The lowest BCUT2D eigenvalue weighted by Gasteiger charge is -2.22. The summed E-state index contributed by atoms with van der Waals surface area (Å²) in [6, 6.07) is 3.39. The first-order valence-corrected chi connectivity index (χ1v) is 5.14. The van der Waals surface area contributed by atoms with Crippen LogP contribution in [0.15, 0.2) is 18.2 Å². The summed E-state index contributed by atoms with van der Waals surface area (Å²) in [6.07, 6.45) is -3.28. The van der Waals surface area contributed by atoms with E-state index in [2.05, 4.69) is 0 Å². The molecule has 1 unspecified atom stereocenters. The Kier molecular flexibility index (Phi) is 2.52. The Morgan fingerprint density at radius 1 is 1.31 bits per heavy atom. The van der Waals surface area contributed by atoms with Crippen molar-refractivity contribution in [3.63, 3.8) is 0 Å². The van der Waals surface area contributed by atoms with Crippen LogP contribution in [0.1, 0.15) is 47.2 Å². The number of halogens is 3. The molecule has 86 valence electrons. The maximum atomic E-state index is 12.5. The molecule has 1 aliphatic carbocycles. The average molecular weight is 228 g/mol. The SMILES string of the molecule is CC1CCC(=O)c2ccc(C(F)(F)F)cc21. The number of benzene rings is 1. The third-order valence-electron chi connectivity index (χ3n) is 3.01. The molecule has 1 aromatic rings. The van der Waals surface area contributed by atoms with Gasteiger partial charge in [-0.15, -0.1) is 0 Å². The van der Waals surface area contributed by atoms with E-state index in [4.69, 9.17) is 0 Å². The zero-order valence-electron chi connectivity index (χ0n) is 8.77. The van der Waals surface area contributed by atoms with E-state index >= 15 is 0 Å². The lowest BCUT2D eigenvalue weighted by atomic mass is 9.82. The molecule has 1 atom stereocenters. The molecule has 2 rings (SSSR count). The Bertz CT molecular complexity index is 434. The highest BCUT2D eigenvalue weighted by atomic mass is 19.4. The van der Waals surface area contributed by atoms with E-state index in [0.29, 0.717) is 24.0 Å². The summed E-state index contributed by atoms with van der Waals surface area (Å²) in [5.74, 6) is -0.0307. The van der Waals surface area contributed by atoms with Gasteiger partial charge in [0.1, 0.15) is 0 Å². The number of hydrogen-bond acceptors (Lipinski definition) is 1. The summed E-state index contributed by atoms with van der Waals surface area (Å²) in [4.78, 5) is 11.5. The molecule has 0 radical (unpaired) electrons. The van der Waals surface area contributed by atoms with Crippen molar-refractivity contribution in [2.75, 3.05) is 0 Å². The van der Waals surface area contributed by atoms with Gasteiger partial charge >= 0.3 is 6.18 Å². The molecule has 0 bridgehead atoms. The van der Waals surface area contributed by atoms with Crippen molar-refractivity contribution in [2.45, 2.75) is 31.9 Å². The van der Waals surface area contributed by atoms with E-state index < -0.39 is 11.7 Å². The normalized spacial score (nSPS) is 20.8. The Hall–Kier alpha value is -1.32. The van der Waals surface area contributed by atoms with Gasteiger partial charge in [-0.05, 0) is 30.0 Å². The highest BCUT2D eigenvalue weighted by Crippen LogP contribution is 2.36. The van der Waals surface area contributed by atoms with E-state index in [1.807, 2.05) is 6.92 Å². The summed E-state index contributed by atoms with van der Waals surface area (Å²) in [5.41, 5.74) is 0.311. The van der Waals surface area contributed by atoms with E-state index in [-0.39, 0.29) is 11.7 Å². The topological polar surface area (TPSA) is 17.1 Å². The molecule has 0 heterocycles. The Labute approximate surface area is 91.3 Å². The maximum Gasteiger partial charge on any atom is 0.416 e. The number of Topliss-reactive ketones (excluding diaryl/α,β-unsaturated/α-hetero) is 1. The maximum absolute atomic E-state index is 12.5. The van der Waals surface area contributed by atoms with Gasteiger partial charge in [-0.25, -0.2) is 0 Å². The Morgan fingerprint density at radius 3 is 2.62 bits per heavy atom. The average Bonchev–Trinajstić information content (AvgIpc) is 2.22. The molecule has 1 aliphatic rings. The van der Waals surface area contributed by atoms with Gasteiger partial charge < -0.3 is 0 Å². The Morgan fingerprint density at radius 2 is 2.00 bits per heavy atom. The molecule has 0 spiro atoms. The van der Waals surface area contributed by atoms with Gasteiger partial charge in [0.25, 0.3) is 0 Å². The van der Waals surface area contributed by atoms with Crippen LogP contribution in [0, 0.1) is 0 Å². The lowest BCUT2D eigenvalue weighted by molar-refractivity contribution is -0.137. The minimum atomic E-state index is -4.34. The van der Waals surface area contributed by atoms with E-state index in [1.54, 1.807) is 0 Å². The minimum Gasteiger partial charge on any atom is -0.294 e. The summed E-state index contributed by atoms with van der Waals surface area (Å²) >= 11 is 0. The van der Waals surface area contributed by atoms with E-state index in [1.165, 1.54) is 6.07 Å². The molecule has 0 N–H and O–H groups in total. The second-order valence-corrected chi connectivity index (χ2v) is 4.16. The monoisotopic (exact) mass is 228 g/mol. The number of ketones is 1. The van der Waals surface area contributed by atoms with Crippen LogP contribution in [0.5, 0.6) is 0 Å². The van der Waals surface area contributed by atoms with E-state index in [0.717, 1.165) is 12.1 Å². The second kappa shape index (κ2) is 3.61. The van der Waals surface area contributed by atoms with Crippen molar-refractivity contribution < 1.29 is 18.0 Å². The largest absolute Gasteiger partial charge is 0.416 e. The number of carbonyl (C=O) groups is 1. The van der Waals surface area contributed by atoms with Crippen LogP contribution in [0.2, 0.25) is 0 Å². The third-order valence-corrected chi connectivity index (χ3v) is 3.01. The van der Waals surface area contributed by atoms with Gasteiger partial charge in [0, 0.05) is 12.0 Å². The molecule has 1 nitrogen and oxygen atoms in total. The smallest absolute Gasteiger partial charge is 0.294 e. The van der Waals surface area contributed by atoms with Gasteiger partial charge in [-0.2, -0.15) is 13.2 Å². The van der Waals surface area contributed by atoms with Crippen LogP contribution < -0.4 is 0 Å². The van der Waals surface area contributed by atoms with Crippen molar-refractivity contribution in [1.82, 2.24) is 0 Å². The van der Waals surface area contributed by atoms with Crippen LogP contribution in [0.4, 0.5) is 13.2 Å². The summed E-state index contributed by atoms with van der Waals surface area (Å²) in [6.45, 7) is 1.85. The fraction of sp³-hybridized carbons (Fsp3) is 0.417. The summed E-state index contributed by atoms with van der Waals surface area (Å²) in [5, 5.41) is 0. The van der Waals surface area contributed by atoms with Crippen LogP contribution in [0.3, 0.4) is 0 Å². The summed E-state index contributed by atoms with van der Waals surface area (Å²) in [7, 11) is 0. The zero-order valence-corrected chi connectivity index (χ0v) is 8.77. The predicted molar refractivity (Wildman–Crippen MR) is 53.4 cm³/mol. The number of alkyl halides is 3. The van der Waals surface area contributed by atoms with Crippen molar-refractivity contribution in [3.8, 4) is 0 Å². The summed E-state index contributed by atoms with van der Waals surface area (Å²) < 4.78 is 37.5. The first kappa shape index (κ1) is 11.2. The number of carbonyl (C=O) groups excluding carboxylic acids is 1. The number of rotatable bonds is 0. The van der Waals surface area contributed by atoms with Crippen molar-refractivity contribution in [1.29, 1.82) is 0 Å². The van der Waals surface area contributed by atoms with Gasteiger partial charge in [-0.3, -0.25) is 4.79 Å². The van der Waals surface area contributed by atoms with Crippen LogP contribution in [0.25, 0.3) is 0 Å². The lowest BCUT2D eigenvalue weighted by Crippen LogP contribution is -2.16. The molecule has 0 aromatic heterocycles. The fourth-order valence-electron chi connectivity index (χ4n) is 2.04. The van der Waals surface area contributed by atoms with Crippen LogP contribution in [-0.2, 0) is 6.18 Å². The molecule has 0 aliphatic heterocycles. The molecule has 0 amide bonds. The molecule has 4 heteroatoms. The Balaban J connectivity index is 2.52. The van der Waals surface area contributed by atoms with Gasteiger partial charge in [0.2, 0.25) is 0 Å². The van der Waals surface area contributed by atoms with Crippen molar-refractivity contribution in [2.24, 2.45) is 0 Å². The molecule has 16 heavy (non-hydrogen) atoms. The van der Waals surface area contributed by atoms with Crippen molar-refractivity contribution >= 4 is 5.78 Å². The third kappa shape index (κ3) is 1.84. The first-order chi connectivity index (χ1) is 7.39. The molecular weight excluding hydrogens is 217 g/mol. The predicted octanol–water partition coefficient (Wildman–Crippen LogP) is 3.79. The molecule has 0 fully saturated rings. The van der Waals surface area contributed by atoms with Gasteiger partial charge in [-0.1, -0.05) is 13.0 Å². The second-order valence-electron chi connectivity index (χ2n) is 4.16. The van der Waals surface area contributed by atoms with E-state index in [9.17, 15) is 18.0 Å². The van der Waals surface area contributed by atoms with Crippen molar-refractivity contribution in [3.05, 3.63) is 34.9 Å². The first-order valence-electron chi connectivity index (χ1n) is 5.14. The van der Waals surface area contributed by atoms with Crippen LogP contribution >= 0.6 is 0 Å². The minimum absolute atomic E-state index is 0.0231. The number of hydrogen-bond donors (Lipinski definition) is 0. The highest BCUT2D eigenvalue weighted by Gasteiger charge is 2.33. The quantitative estimate of drug-likeness (QED) is 0.660.